The maximum absolute atomic E-state index is 6.20. The van der Waals surface area contributed by atoms with E-state index in [2.05, 4.69) is 14.6 Å². The van der Waals surface area contributed by atoms with E-state index in [4.69, 9.17) is 11.6 Å². The van der Waals surface area contributed by atoms with Crippen LogP contribution in [-0.2, 0) is 7.05 Å². The largest absolute Gasteiger partial charge is 0.309 e. The maximum atomic E-state index is 6.20. The van der Waals surface area contributed by atoms with E-state index in [1.807, 2.05) is 25.6 Å². The smallest absolute Gasteiger partial charge is 0.158 e. The molecule has 5 heteroatoms. The van der Waals surface area contributed by atoms with Gasteiger partial charge in [-0.05, 0) is 26.7 Å². The van der Waals surface area contributed by atoms with E-state index in [0.29, 0.717) is 6.04 Å². The van der Waals surface area contributed by atoms with Crippen LogP contribution in [0.25, 0.3) is 11.2 Å². The van der Waals surface area contributed by atoms with Gasteiger partial charge in [0.25, 0.3) is 0 Å². The van der Waals surface area contributed by atoms with Gasteiger partial charge in [-0.1, -0.05) is 0 Å². The standard InChI is InChI=1S/C11H15ClN4/c1-6(12)10-13-9-7(2)14-15(3)11(9)16(10)8-4-5-8/h6,8H,4-5H2,1-3H3. The number of imidazole rings is 1. The second-order valence-electron chi connectivity index (χ2n) is 4.57. The summed E-state index contributed by atoms with van der Waals surface area (Å²) < 4.78 is 4.19. The summed E-state index contributed by atoms with van der Waals surface area (Å²) in [5.74, 6) is 0.982. The van der Waals surface area contributed by atoms with E-state index in [1.165, 1.54) is 12.8 Å². The molecule has 1 unspecified atom stereocenters. The number of aryl methyl sites for hydroxylation is 2. The molecule has 2 heterocycles. The quantitative estimate of drug-likeness (QED) is 0.755. The monoisotopic (exact) mass is 238 g/mol. The summed E-state index contributed by atoms with van der Waals surface area (Å²) in [6.45, 7) is 3.97. The molecule has 2 aromatic rings. The number of nitrogens with zero attached hydrogens (tertiary/aromatic N) is 4. The van der Waals surface area contributed by atoms with Crippen molar-refractivity contribution in [1.29, 1.82) is 0 Å². The highest BCUT2D eigenvalue weighted by molar-refractivity contribution is 6.20. The Morgan fingerprint density at radius 3 is 2.69 bits per heavy atom. The Labute approximate surface area is 99.2 Å². The molecule has 16 heavy (non-hydrogen) atoms. The van der Waals surface area contributed by atoms with Crippen molar-refractivity contribution in [3.05, 3.63) is 11.5 Å². The number of aromatic nitrogens is 4. The predicted octanol–water partition coefficient (Wildman–Crippen LogP) is 2.71. The molecule has 0 N–H and O–H groups in total. The lowest BCUT2D eigenvalue weighted by Gasteiger charge is -2.09. The Kier molecular flexibility index (Phi) is 2.05. The summed E-state index contributed by atoms with van der Waals surface area (Å²) in [5.41, 5.74) is 3.09. The second-order valence-corrected chi connectivity index (χ2v) is 5.22. The Bertz CT molecular complexity index is 548. The molecule has 0 amide bonds. The number of hydrogen-bond donors (Lipinski definition) is 0. The van der Waals surface area contributed by atoms with E-state index >= 15 is 0 Å². The molecule has 1 aliphatic rings. The molecule has 3 rings (SSSR count). The molecular formula is C11H15ClN4. The van der Waals surface area contributed by atoms with Crippen LogP contribution in [0.2, 0.25) is 0 Å². The Hall–Kier alpha value is -1.03. The third-order valence-electron chi connectivity index (χ3n) is 3.13. The third kappa shape index (κ3) is 1.29. The lowest BCUT2D eigenvalue weighted by Crippen LogP contribution is -2.06. The van der Waals surface area contributed by atoms with Crippen molar-refractivity contribution in [2.45, 2.75) is 38.1 Å². The van der Waals surface area contributed by atoms with Crippen molar-refractivity contribution in [2.24, 2.45) is 7.05 Å². The third-order valence-corrected chi connectivity index (χ3v) is 3.33. The average molecular weight is 239 g/mol. The van der Waals surface area contributed by atoms with Gasteiger partial charge in [-0.15, -0.1) is 11.6 Å². The second kappa shape index (κ2) is 3.23. The molecule has 0 bridgehead atoms. The SMILES string of the molecule is Cc1nn(C)c2c1nc(C(C)Cl)n2C1CC1. The normalized spacial score (nSPS) is 18.2. The predicted molar refractivity (Wildman–Crippen MR) is 63.8 cm³/mol. The van der Waals surface area contributed by atoms with Crippen LogP contribution in [0.5, 0.6) is 0 Å². The van der Waals surface area contributed by atoms with Crippen LogP contribution in [0.4, 0.5) is 0 Å². The number of alkyl halides is 1. The highest BCUT2D eigenvalue weighted by Crippen LogP contribution is 2.41. The first-order valence-corrected chi connectivity index (χ1v) is 6.08. The number of fused-ring (bicyclic) bond motifs is 1. The van der Waals surface area contributed by atoms with Gasteiger partial charge in [0.2, 0.25) is 0 Å². The van der Waals surface area contributed by atoms with Gasteiger partial charge in [-0.25, -0.2) is 4.98 Å². The summed E-state index contributed by atoms with van der Waals surface area (Å²) in [5, 5.41) is 4.36. The molecule has 1 aliphatic carbocycles. The summed E-state index contributed by atoms with van der Waals surface area (Å²) >= 11 is 6.20. The molecule has 2 aromatic heterocycles. The van der Waals surface area contributed by atoms with Crippen LogP contribution < -0.4 is 0 Å². The minimum Gasteiger partial charge on any atom is -0.309 e. The summed E-state index contributed by atoms with van der Waals surface area (Å²) in [6, 6.07) is 0.580. The molecule has 86 valence electrons. The van der Waals surface area contributed by atoms with Crippen molar-refractivity contribution in [3.8, 4) is 0 Å². The highest BCUT2D eigenvalue weighted by Gasteiger charge is 2.31. The van der Waals surface area contributed by atoms with Gasteiger partial charge < -0.3 is 4.57 Å². The average Bonchev–Trinajstić information content (AvgIpc) is 2.89. The Morgan fingerprint density at radius 2 is 2.12 bits per heavy atom. The lowest BCUT2D eigenvalue weighted by atomic mass is 10.4. The minimum atomic E-state index is -0.0487. The van der Waals surface area contributed by atoms with E-state index in [1.54, 1.807) is 0 Å². The molecule has 0 radical (unpaired) electrons. The van der Waals surface area contributed by atoms with Gasteiger partial charge in [0.05, 0.1) is 11.1 Å². The van der Waals surface area contributed by atoms with E-state index in [9.17, 15) is 0 Å². The molecule has 4 nitrogen and oxygen atoms in total. The van der Waals surface area contributed by atoms with Crippen LogP contribution in [-0.4, -0.2) is 19.3 Å². The summed E-state index contributed by atoms with van der Waals surface area (Å²) in [6.07, 6.45) is 2.46. The lowest BCUT2D eigenvalue weighted by molar-refractivity contribution is 0.658. The van der Waals surface area contributed by atoms with Crippen LogP contribution in [0, 0.1) is 6.92 Å². The molecule has 0 aromatic carbocycles. The Morgan fingerprint density at radius 1 is 1.44 bits per heavy atom. The van der Waals surface area contributed by atoms with Gasteiger partial charge in [0.1, 0.15) is 11.3 Å². The first-order valence-electron chi connectivity index (χ1n) is 5.65. The molecule has 0 spiro atoms. The zero-order valence-electron chi connectivity index (χ0n) is 9.74. The van der Waals surface area contributed by atoms with Gasteiger partial charge in [-0.2, -0.15) is 5.10 Å². The molecule has 0 aliphatic heterocycles. The van der Waals surface area contributed by atoms with E-state index < -0.39 is 0 Å². The van der Waals surface area contributed by atoms with Gasteiger partial charge in [0.15, 0.2) is 5.65 Å². The van der Waals surface area contributed by atoms with Gasteiger partial charge >= 0.3 is 0 Å². The first kappa shape index (κ1) is 10.1. The fourth-order valence-electron chi connectivity index (χ4n) is 2.29. The molecule has 0 saturated heterocycles. The zero-order valence-corrected chi connectivity index (χ0v) is 10.5. The van der Waals surface area contributed by atoms with Gasteiger partial charge in [0, 0.05) is 13.1 Å². The van der Waals surface area contributed by atoms with Crippen LogP contribution in [0.1, 0.15) is 42.7 Å². The van der Waals surface area contributed by atoms with Crippen LogP contribution in [0.15, 0.2) is 0 Å². The Balaban J connectivity index is 2.34. The van der Waals surface area contributed by atoms with E-state index in [-0.39, 0.29) is 5.38 Å². The first-order chi connectivity index (χ1) is 7.59. The van der Waals surface area contributed by atoms with Crippen LogP contribution >= 0.6 is 11.6 Å². The molecule has 1 fully saturated rings. The number of hydrogen-bond acceptors (Lipinski definition) is 2. The number of rotatable bonds is 2. The molecule has 1 saturated carbocycles. The summed E-state index contributed by atoms with van der Waals surface area (Å²) in [7, 11) is 1.97. The van der Waals surface area contributed by atoms with Crippen molar-refractivity contribution in [2.75, 3.05) is 0 Å². The van der Waals surface area contributed by atoms with E-state index in [0.717, 1.165) is 22.7 Å². The number of halogens is 1. The highest BCUT2D eigenvalue weighted by atomic mass is 35.5. The fourth-order valence-corrected chi connectivity index (χ4v) is 2.44. The van der Waals surface area contributed by atoms with Gasteiger partial charge in [-0.3, -0.25) is 4.68 Å². The van der Waals surface area contributed by atoms with Crippen LogP contribution in [0.3, 0.4) is 0 Å². The molecular weight excluding hydrogens is 224 g/mol. The van der Waals surface area contributed by atoms with Crippen molar-refractivity contribution in [3.63, 3.8) is 0 Å². The fraction of sp³-hybridized carbons (Fsp3) is 0.636. The summed E-state index contributed by atoms with van der Waals surface area (Å²) in [4.78, 5) is 4.64. The van der Waals surface area contributed by atoms with Crippen molar-refractivity contribution >= 4 is 22.8 Å². The van der Waals surface area contributed by atoms with Crippen molar-refractivity contribution < 1.29 is 0 Å². The minimum absolute atomic E-state index is 0.0487. The molecule has 1 atom stereocenters. The van der Waals surface area contributed by atoms with Crippen molar-refractivity contribution in [1.82, 2.24) is 19.3 Å². The topological polar surface area (TPSA) is 35.6 Å². The zero-order chi connectivity index (χ0) is 11.4. The maximum Gasteiger partial charge on any atom is 0.158 e.